The second-order valence-electron chi connectivity index (χ2n) is 5.68. The van der Waals surface area contributed by atoms with Crippen LogP contribution in [-0.2, 0) is 12.7 Å². The Labute approximate surface area is 150 Å². The standard InChI is InChI=1S/C17H13F5N4O/c1-9-6-13(14(18)19)26-15(25-9)11(8-24-26)16(27)23-7-10-4-2-3-5-12(10)17(20,21)22/h2-6,8,14,25H,1,7H2,(H,23,27). The van der Waals surface area contributed by atoms with Crippen molar-refractivity contribution in [3.63, 3.8) is 0 Å². The molecular formula is C17H13F5N4O. The van der Waals surface area contributed by atoms with Crippen molar-refractivity contribution in [3.8, 4) is 0 Å². The number of carbonyl (C=O) groups is 1. The van der Waals surface area contributed by atoms with Crippen LogP contribution >= 0.6 is 0 Å². The number of amides is 1. The molecule has 142 valence electrons. The van der Waals surface area contributed by atoms with Crippen LogP contribution in [0, 0.1) is 0 Å². The van der Waals surface area contributed by atoms with Crippen LogP contribution in [0.3, 0.4) is 0 Å². The van der Waals surface area contributed by atoms with Gasteiger partial charge in [0.05, 0.1) is 11.8 Å². The Bertz CT molecular complexity index is 930. The number of hydrogen-bond acceptors (Lipinski definition) is 3. The summed E-state index contributed by atoms with van der Waals surface area (Å²) in [7, 11) is 0. The van der Waals surface area contributed by atoms with Crippen LogP contribution in [0.4, 0.5) is 27.8 Å². The third-order valence-electron chi connectivity index (χ3n) is 3.85. The molecule has 10 heteroatoms. The molecule has 5 nitrogen and oxygen atoms in total. The van der Waals surface area contributed by atoms with Gasteiger partial charge < -0.3 is 10.6 Å². The van der Waals surface area contributed by atoms with Gasteiger partial charge in [0.1, 0.15) is 17.1 Å². The van der Waals surface area contributed by atoms with E-state index in [4.69, 9.17) is 0 Å². The smallest absolute Gasteiger partial charge is 0.348 e. The summed E-state index contributed by atoms with van der Waals surface area (Å²) in [4.78, 5) is 12.4. The Kier molecular flexibility index (Phi) is 4.73. The fourth-order valence-electron chi connectivity index (χ4n) is 2.64. The van der Waals surface area contributed by atoms with Crippen LogP contribution in [0.2, 0.25) is 0 Å². The first kappa shape index (κ1) is 18.6. The number of allylic oxidation sites excluding steroid dienone is 2. The van der Waals surface area contributed by atoms with Gasteiger partial charge in [0.2, 0.25) is 0 Å². The molecule has 27 heavy (non-hydrogen) atoms. The van der Waals surface area contributed by atoms with Gasteiger partial charge in [-0.05, 0) is 17.7 Å². The minimum absolute atomic E-state index is 0.0283. The van der Waals surface area contributed by atoms with E-state index in [0.29, 0.717) is 0 Å². The van der Waals surface area contributed by atoms with Crippen LogP contribution in [0.1, 0.15) is 21.5 Å². The van der Waals surface area contributed by atoms with E-state index in [1.54, 1.807) is 0 Å². The van der Waals surface area contributed by atoms with Gasteiger partial charge in [-0.25, -0.2) is 13.5 Å². The van der Waals surface area contributed by atoms with Gasteiger partial charge >= 0.3 is 6.18 Å². The van der Waals surface area contributed by atoms with Gasteiger partial charge in [-0.1, -0.05) is 24.8 Å². The number of nitrogens with one attached hydrogen (secondary N) is 2. The van der Waals surface area contributed by atoms with E-state index in [-0.39, 0.29) is 22.6 Å². The molecule has 3 rings (SSSR count). The van der Waals surface area contributed by atoms with Gasteiger partial charge in [0.25, 0.3) is 12.3 Å². The molecule has 0 saturated heterocycles. The number of fused-ring (bicyclic) bond motifs is 1. The molecule has 2 aromatic rings. The first-order valence-corrected chi connectivity index (χ1v) is 7.66. The lowest BCUT2D eigenvalue weighted by molar-refractivity contribution is -0.138. The Morgan fingerprint density at radius 1 is 1.30 bits per heavy atom. The molecule has 1 aromatic carbocycles. The average Bonchev–Trinajstić information content (AvgIpc) is 3.02. The van der Waals surface area contributed by atoms with Gasteiger partial charge in [0.15, 0.2) is 0 Å². The van der Waals surface area contributed by atoms with Crippen LogP contribution in [0.5, 0.6) is 0 Å². The molecule has 1 aliphatic rings. The summed E-state index contributed by atoms with van der Waals surface area (Å²) in [5, 5.41) is 8.77. The molecule has 1 aromatic heterocycles. The zero-order chi connectivity index (χ0) is 19.8. The number of carbonyl (C=O) groups excluding carboxylic acids is 1. The Balaban J connectivity index is 1.82. The van der Waals surface area contributed by atoms with Crippen molar-refractivity contribution in [2.45, 2.75) is 19.1 Å². The van der Waals surface area contributed by atoms with Crippen molar-refractivity contribution < 1.29 is 26.7 Å². The first-order valence-electron chi connectivity index (χ1n) is 7.66. The molecule has 0 bridgehead atoms. The highest BCUT2D eigenvalue weighted by atomic mass is 19.4. The van der Waals surface area contributed by atoms with E-state index in [0.717, 1.165) is 23.0 Å². The van der Waals surface area contributed by atoms with Crippen molar-refractivity contribution >= 4 is 17.4 Å². The van der Waals surface area contributed by atoms with Crippen LogP contribution in [-0.4, -0.2) is 22.1 Å². The summed E-state index contributed by atoms with van der Waals surface area (Å²) in [6.45, 7) is 3.15. The van der Waals surface area contributed by atoms with Crippen LogP contribution in [0.15, 0.2) is 48.8 Å². The summed E-state index contributed by atoms with van der Waals surface area (Å²) in [6.07, 6.45) is -5.26. The van der Waals surface area contributed by atoms with E-state index < -0.39 is 36.3 Å². The number of benzene rings is 1. The van der Waals surface area contributed by atoms with Crippen molar-refractivity contribution in [2.75, 3.05) is 5.32 Å². The van der Waals surface area contributed by atoms with E-state index in [2.05, 4.69) is 22.3 Å². The number of aromatic nitrogens is 2. The maximum Gasteiger partial charge on any atom is 0.416 e. The number of halogens is 5. The summed E-state index contributed by atoms with van der Waals surface area (Å²) in [6, 6.07) is 4.82. The van der Waals surface area contributed by atoms with Crippen molar-refractivity contribution in [1.29, 1.82) is 0 Å². The molecule has 1 amide bonds. The molecule has 0 fully saturated rings. The number of anilines is 1. The Hall–Kier alpha value is -3.17. The monoisotopic (exact) mass is 384 g/mol. The maximum absolute atomic E-state index is 13.1. The highest BCUT2D eigenvalue weighted by Crippen LogP contribution is 2.32. The highest BCUT2D eigenvalue weighted by molar-refractivity contribution is 6.00. The minimum atomic E-state index is -4.56. The van der Waals surface area contributed by atoms with E-state index in [9.17, 15) is 26.7 Å². The van der Waals surface area contributed by atoms with Crippen LogP contribution in [0.25, 0.3) is 5.70 Å². The summed E-state index contributed by atoms with van der Waals surface area (Å²) in [5.74, 6) is -0.788. The Morgan fingerprint density at radius 3 is 2.67 bits per heavy atom. The lowest BCUT2D eigenvalue weighted by Gasteiger charge is -2.19. The summed E-state index contributed by atoms with van der Waals surface area (Å²) >= 11 is 0. The number of hydrogen-bond donors (Lipinski definition) is 2. The molecule has 2 heterocycles. The predicted molar refractivity (Wildman–Crippen MR) is 87.9 cm³/mol. The predicted octanol–water partition coefficient (Wildman–Crippen LogP) is 3.88. The topological polar surface area (TPSA) is 59.0 Å². The number of alkyl halides is 5. The van der Waals surface area contributed by atoms with Gasteiger partial charge in [-0.15, -0.1) is 0 Å². The molecular weight excluding hydrogens is 371 g/mol. The van der Waals surface area contributed by atoms with Crippen LogP contribution < -0.4 is 10.6 Å². The zero-order valence-corrected chi connectivity index (χ0v) is 13.6. The SMILES string of the molecule is C=C1C=C(C(F)F)n2ncc(C(=O)NCc3ccccc3C(F)(F)F)c2N1. The molecule has 2 N–H and O–H groups in total. The summed E-state index contributed by atoms with van der Waals surface area (Å²) in [5.41, 5.74) is -1.40. The third kappa shape index (κ3) is 3.69. The molecule has 0 spiro atoms. The number of rotatable bonds is 4. The maximum atomic E-state index is 13.1. The molecule has 1 aliphatic heterocycles. The highest BCUT2D eigenvalue weighted by Gasteiger charge is 2.33. The molecule has 0 unspecified atom stereocenters. The molecule has 0 saturated carbocycles. The van der Waals surface area contributed by atoms with Crippen molar-refractivity contribution in [2.24, 2.45) is 0 Å². The van der Waals surface area contributed by atoms with Gasteiger partial charge in [0, 0.05) is 12.2 Å². The molecule has 0 atom stereocenters. The lowest BCUT2D eigenvalue weighted by Crippen LogP contribution is -2.26. The fraction of sp³-hybridized carbons (Fsp3) is 0.176. The van der Waals surface area contributed by atoms with Crippen molar-refractivity contribution in [3.05, 3.63) is 65.5 Å². The van der Waals surface area contributed by atoms with E-state index in [1.807, 2.05) is 0 Å². The van der Waals surface area contributed by atoms with Gasteiger partial charge in [-0.2, -0.15) is 18.3 Å². The second kappa shape index (κ2) is 6.86. The van der Waals surface area contributed by atoms with Crippen molar-refractivity contribution in [1.82, 2.24) is 15.1 Å². The van der Waals surface area contributed by atoms with E-state index >= 15 is 0 Å². The molecule has 0 aliphatic carbocycles. The largest absolute Gasteiger partial charge is 0.416 e. The molecule has 0 radical (unpaired) electrons. The normalized spacial score (nSPS) is 13.9. The zero-order valence-electron chi connectivity index (χ0n) is 13.6. The van der Waals surface area contributed by atoms with Gasteiger partial charge in [-0.3, -0.25) is 4.79 Å². The fourth-order valence-corrected chi connectivity index (χ4v) is 2.64. The number of nitrogens with zero attached hydrogens (tertiary/aromatic N) is 2. The summed E-state index contributed by atoms with van der Waals surface area (Å²) < 4.78 is 66.1. The quantitative estimate of drug-likeness (QED) is 0.787. The van der Waals surface area contributed by atoms with E-state index in [1.165, 1.54) is 18.2 Å². The minimum Gasteiger partial charge on any atom is -0.348 e. The Morgan fingerprint density at radius 2 is 2.00 bits per heavy atom. The average molecular weight is 384 g/mol. The third-order valence-corrected chi connectivity index (χ3v) is 3.85. The lowest BCUT2D eigenvalue weighted by atomic mass is 10.1. The first-order chi connectivity index (χ1) is 12.7. The second-order valence-corrected chi connectivity index (χ2v) is 5.68.